The van der Waals surface area contributed by atoms with Crippen molar-refractivity contribution in [3.63, 3.8) is 0 Å². The van der Waals surface area contributed by atoms with Crippen LogP contribution in [0.4, 0.5) is 4.79 Å². The Labute approximate surface area is 122 Å². The Kier molecular flexibility index (Phi) is 5.28. The van der Waals surface area contributed by atoms with E-state index in [2.05, 4.69) is 10.6 Å². The molecular weight excluding hydrogens is 278 g/mol. The smallest absolute Gasteiger partial charge is 0.325 e. The van der Waals surface area contributed by atoms with Crippen LogP contribution in [-0.4, -0.2) is 53.5 Å². The van der Waals surface area contributed by atoms with Gasteiger partial charge in [-0.3, -0.25) is 19.3 Å². The van der Waals surface area contributed by atoms with Gasteiger partial charge in [-0.15, -0.1) is 0 Å². The zero-order valence-electron chi connectivity index (χ0n) is 12.4. The van der Waals surface area contributed by atoms with Crippen LogP contribution >= 0.6 is 0 Å². The quantitative estimate of drug-likeness (QED) is 0.587. The van der Waals surface area contributed by atoms with Crippen molar-refractivity contribution >= 4 is 23.8 Å². The first kappa shape index (κ1) is 16.9. The summed E-state index contributed by atoms with van der Waals surface area (Å²) in [4.78, 5) is 46.3. The molecule has 118 valence electrons. The maximum atomic E-state index is 11.7. The fourth-order valence-corrected chi connectivity index (χ4v) is 2.04. The van der Waals surface area contributed by atoms with Crippen molar-refractivity contribution in [1.82, 2.24) is 15.5 Å². The zero-order valence-corrected chi connectivity index (χ0v) is 12.4. The molecule has 0 saturated carbocycles. The number of carbonyl (C=O) groups excluding carboxylic acids is 3. The lowest BCUT2D eigenvalue weighted by Gasteiger charge is -2.23. The van der Waals surface area contributed by atoms with Gasteiger partial charge in [-0.2, -0.15) is 0 Å². The number of hydrogen-bond donors (Lipinski definition) is 3. The van der Waals surface area contributed by atoms with Gasteiger partial charge in [0.15, 0.2) is 0 Å². The highest BCUT2D eigenvalue weighted by molar-refractivity contribution is 6.04. The van der Waals surface area contributed by atoms with Crippen molar-refractivity contribution in [3.8, 4) is 0 Å². The monoisotopic (exact) mass is 299 g/mol. The summed E-state index contributed by atoms with van der Waals surface area (Å²) in [7, 11) is 0. The molecule has 8 heteroatoms. The second kappa shape index (κ2) is 6.55. The molecule has 1 unspecified atom stereocenters. The first-order chi connectivity index (χ1) is 9.60. The van der Waals surface area contributed by atoms with Crippen LogP contribution in [0.2, 0.25) is 0 Å². The number of hydrogen-bond acceptors (Lipinski definition) is 4. The fourth-order valence-electron chi connectivity index (χ4n) is 2.04. The van der Waals surface area contributed by atoms with Crippen LogP contribution in [0.1, 0.15) is 27.2 Å². The normalized spacial score (nSPS) is 16.6. The van der Waals surface area contributed by atoms with Crippen molar-refractivity contribution in [2.45, 2.75) is 27.2 Å². The molecule has 0 bridgehead atoms. The van der Waals surface area contributed by atoms with Crippen LogP contribution in [0.25, 0.3) is 0 Å². The number of amides is 4. The Morgan fingerprint density at radius 2 is 2.00 bits per heavy atom. The van der Waals surface area contributed by atoms with Crippen LogP contribution in [0.15, 0.2) is 0 Å². The van der Waals surface area contributed by atoms with E-state index in [1.54, 1.807) is 0 Å². The van der Waals surface area contributed by atoms with Crippen LogP contribution in [-0.2, 0) is 14.4 Å². The van der Waals surface area contributed by atoms with Gasteiger partial charge in [0, 0.05) is 6.54 Å². The Balaban J connectivity index is 2.48. The molecule has 1 heterocycles. The van der Waals surface area contributed by atoms with E-state index in [0.29, 0.717) is 6.42 Å². The third kappa shape index (κ3) is 5.41. The topological polar surface area (TPSA) is 116 Å². The van der Waals surface area contributed by atoms with Gasteiger partial charge in [0.25, 0.3) is 5.91 Å². The van der Waals surface area contributed by atoms with E-state index >= 15 is 0 Å². The Bertz CT molecular complexity index is 439. The van der Waals surface area contributed by atoms with E-state index in [0.717, 1.165) is 4.90 Å². The fraction of sp³-hybridized carbons (Fsp3) is 0.692. The van der Waals surface area contributed by atoms with E-state index in [-0.39, 0.29) is 18.5 Å². The van der Waals surface area contributed by atoms with Crippen molar-refractivity contribution in [3.05, 3.63) is 0 Å². The summed E-state index contributed by atoms with van der Waals surface area (Å²) in [6, 6.07) is -0.611. The van der Waals surface area contributed by atoms with Crippen LogP contribution in [0.5, 0.6) is 0 Å². The SMILES string of the molecule is CC(C)(C)CC(CNC(=O)CN1C(=O)CNC1=O)C(=O)O. The van der Waals surface area contributed by atoms with E-state index in [1.165, 1.54) is 0 Å². The minimum absolute atomic E-state index is 0.0327. The highest BCUT2D eigenvalue weighted by atomic mass is 16.4. The van der Waals surface area contributed by atoms with E-state index in [4.69, 9.17) is 5.11 Å². The second-order valence-corrected chi connectivity index (χ2v) is 6.24. The molecule has 8 nitrogen and oxygen atoms in total. The lowest BCUT2D eigenvalue weighted by atomic mass is 9.84. The van der Waals surface area contributed by atoms with E-state index in [9.17, 15) is 19.2 Å². The number of urea groups is 1. The van der Waals surface area contributed by atoms with Gasteiger partial charge in [0.1, 0.15) is 6.54 Å². The number of imide groups is 1. The molecule has 1 aliphatic rings. The first-order valence-corrected chi connectivity index (χ1v) is 6.68. The van der Waals surface area contributed by atoms with Crippen molar-refractivity contribution in [1.29, 1.82) is 0 Å². The molecule has 0 aromatic heterocycles. The van der Waals surface area contributed by atoms with Gasteiger partial charge in [-0.1, -0.05) is 20.8 Å². The third-order valence-electron chi connectivity index (χ3n) is 2.99. The van der Waals surface area contributed by atoms with Gasteiger partial charge in [-0.05, 0) is 11.8 Å². The summed E-state index contributed by atoms with van der Waals surface area (Å²) < 4.78 is 0. The van der Waals surface area contributed by atoms with Crippen LogP contribution < -0.4 is 10.6 Å². The molecule has 1 rings (SSSR count). The standard InChI is InChI=1S/C13H21N3O5/c1-13(2,3)4-8(11(19)20)5-14-9(17)7-16-10(18)6-15-12(16)21/h8H,4-7H2,1-3H3,(H,14,17)(H,15,21)(H,19,20). The van der Waals surface area contributed by atoms with Gasteiger partial charge in [0.05, 0.1) is 12.5 Å². The Hall–Kier alpha value is -2.12. The first-order valence-electron chi connectivity index (χ1n) is 6.68. The minimum atomic E-state index is -0.986. The van der Waals surface area contributed by atoms with E-state index < -0.39 is 36.3 Å². The predicted octanol–water partition coefficient (Wildman–Crippen LogP) is -0.209. The molecule has 0 radical (unpaired) electrons. The molecule has 21 heavy (non-hydrogen) atoms. The van der Waals surface area contributed by atoms with Crippen LogP contribution in [0, 0.1) is 11.3 Å². The molecule has 1 aliphatic heterocycles. The summed E-state index contributed by atoms with van der Waals surface area (Å²) in [6.45, 7) is 5.20. The Morgan fingerprint density at radius 1 is 1.38 bits per heavy atom. The van der Waals surface area contributed by atoms with Crippen molar-refractivity contribution in [2.24, 2.45) is 11.3 Å². The summed E-state index contributed by atoms with van der Waals surface area (Å²) >= 11 is 0. The lowest BCUT2D eigenvalue weighted by Crippen LogP contribution is -2.43. The average Bonchev–Trinajstić information content (AvgIpc) is 2.64. The maximum absolute atomic E-state index is 11.7. The van der Waals surface area contributed by atoms with Gasteiger partial charge < -0.3 is 15.7 Å². The molecule has 1 atom stereocenters. The van der Waals surface area contributed by atoms with E-state index in [1.807, 2.05) is 20.8 Å². The number of rotatable bonds is 6. The number of nitrogens with zero attached hydrogens (tertiary/aromatic N) is 1. The molecule has 0 aliphatic carbocycles. The second-order valence-electron chi connectivity index (χ2n) is 6.24. The molecule has 1 saturated heterocycles. The molecular formula is C13H21N3O5. The number of carboxylic acids is 1. The van der Waals surface area contributed by atoms with Gasteiger partial charge in [0.2, 0.25) is 5.91 Å². The highest BCUT2D eigenvalue weighted by Gasteiger charge is 2.31. The summed E-state index contributed by atoms with van der Waals surface area (Å²) in [6.07, 6.45) is 0.408. The Morgan fingerprint density at radius 3 is 2.43 bits per heavy atom. The van der Waals surface area contributed by atoms with Crippen molar-refractivity contribution in [2.75, 3.05) is 19.6 Å². The molecule has 3 N–H and O–H groups in total. The minimum Gasteiger partial charge on any atom is -0.481 e. The third-order valence-corrected chi connectivity index (χ3v) is 2.99. The van der Waals surface area contributed by atoms with Gasteiger partial charge >= 0.3 is 12.0 Å². The molecule has 0 spiro atoms. The molecule has 0 aromatic rings. The number of carboxylic acid groups (broad SMARTS) is 1. The van der Waals surface area contributed by atoms with Crippen molar-refractivity contribution < 1.29 is 24.3 Å². The highest BCUT2D eigenvalue weighted by Crippen LogP contribution is 2.24. The summed E-state index contributed by atoms with van der Waals surface area (Å²) in [5.41, 5.74) is -0.182. The number of aliphatic carboxylic acids is 1. The predicted molar refractivity (Wildman–Crippen MR) is 73.3 cm³/mol. The van der Waals surface area contributed by atoms with Gasteiger partial charge in [-0.25, -0.2) is 4.79 Å². The number of nitrogens with one attached hydrogen (secondary N) is 2. The maximum Gasteiger partial charge on any atom is 0.325 e. The number of carbonyl (C=O) groups is 4. The molecule has 1 fully saturated rings. The van der Waals surface area contributed by atoms with Crippen LogP contribution in [0.3, 0.4) is 0 Å². The zero-order chi connectivity index (χ0) is 16.2. The summed E-state index contributed by atoms with van der Waals surface area (Å²) in [5.74, 6) is -2.72. The molecule has 0 aromatic carbocycles. The average molecular weight is 299 g/mol. The largest absolute Gasteiger partial charge is 0.481 e. The molecule has 4 amide bonds. The summed E-state index contributed by atoms with van der Waals surface area (Å²) in [5, 5.41) is 13.9. The lowest BCUT2D eigenvalue weighted by molar-refractivity contribution is -0.143.